The van der Waals surface area contributed by atoms with Gasteiger partial charge in [0, 0.05) is 16.6 Å². The summed E-state index contributed by atoms with van der Waals surface area (Å²) in [5, 5.41) is 0.476. The van der Waals surface area contributed by atoms with Crippen molar-refractivity contribution in [2.75, 3.05) is 6.54 Å². The first kappa shape index (κ1) is 14.8. The SMILES string of the molecule is C[C@@]1(C=O)C[CH]CN1S(=O)(=O)c1cc(Cl)cc(Cl)c1. The molecule has 0 N–H and O–H groups in total. The van der Waals surface area contributed by atoms with Gasteiger partial charge in [0.05, 0.1) is 10.4 Å². The van der Waals surface area contributed by atoms with Crippen molar-refractivity contribution < 1.29 is 13.2 Å². The summed E-state index contributed by atoms with van der Waals surface area (Å²) in [5.41, 5.74) is -1.05. The summed E-state index contributed by atoms with van der Waals surface area (Å²) < 4.78 is 26.2. The summed E-state index contributed by atoms with van der Waals surface area (Å²) in [4.78, 5) is 11.2. The van der Waals surface area contributed by atoms with E-state index in [1.54, 1.807) is 13.3 Å². The third-order valence-electron chi connectivity index (χ3n) is 3.10. The molecule has 1 aliphatic heterocycles. The summed E-state index contributed by atoms with van der Waals surface area (Å²) in [6.45, 7) is 1.79. The Morgan fingerprint density at radius 2 is 1.84 bits per heavy atom. The Bertz CT molecular complexity index is 597. The second kappa shape index (κ2) is 5.05. The van der Waals surface area contributed by atoms with Crippen LogP contribution in [0.3, 0.4) is 0 Å². The molecule has 2 rings (SSSR count). The van der Waals surface area contributed by atoms with Crippen molar-refractivity contribution in [2.45, 2.75) is 23.8 Å². The number of carbonyl (C=O) groups excluding carboxylic acids is 1. The minimum Gasteiger partial charge on any atom is -0.301 e. The van der Waals surface area contributed by atoms with E-state index in [1.807, 2.05) is 0 Å². The van der Waals surface area contributed by atoms with E-state index in [2.05, 4.69) is 0 Å². The van der Waals surface area contributed by atoms with Gasteiger partial charge in [-0.05, 0) is 38.0 Å². The Morgan fingerprint density at radius 1 is 1.26 bits per heavy atom. The van der Waals surface area contributed by atoms with Gasteiger partial charge in [0.25, 0.3) is 0 Å². The topological polar surface area (TPSA) is 54.5 Å². The smallest absolute Gasteiger partial charge is 0.244 e. The molecule has 0 aromatic heterocycles. The molecular weight excluding hydrogens is 309 g/mol. The maximum absolute atomic E-state index is 12.5. The van der Waals surface area contributed by atoms with E-state index in [9.17, 15) is 13.2 Å². The van der Waals surface area contributed by atoms with Crippen molar-refractivity contribution in [2.24, 2.45) is 0 Å². The Labute approximate surface area is 122 Å². The largest absolute Gasteiger partial charge is 0.301 e. The van der Waals surface area contributed by atoms with Gasteiger partial charge in [0.15, 0.2) is 0 Å². The fourth-order valence-corrected chi connectivity index (χ4v) is 4.50. The van der Waals surface area contributed by atoms with Gasteiger partial charge in [0.1, 0.15) is 6.29 Å². The van der Waals surface area contributed by atoms with Gasteiger partial charge in [-0.25, -0.2) is 8.42 Å². The number of sulfonamides is 1. The number of hydrogen-bond donors (Lipinski definition) is 0. The molecule has 1 heterocycles. The molecule has 0 amide bonds. The van der Waals surface area contributed by atoms with Crippen molar-refractivity contribution in [1.29, 1.82) is 0 Å². The summed E-state index contributed by atoms with van der Waals surface area (Å²) in [6, 6.07) is 4.11. The van der Waals surface area contributed by atoms with E-state index >= 15 is 0 Å². The molecule has 1 saturated heterocycles. The zero-order valence-electron chi connectivity index (χ0n) is 10.1. The van der Waals surface area contributed by atoms with Crippen LogP contribution < -0.4 is 0 Å². The number of hydrogen-bond acceptors (Lipinski definition) is 3. The predicted octanol–water partition coefficient (Wildman–Crippen LogP) is 2.55. The molecule has 1 aromatic carbocycles. The molecular formula is C12H12Cl2NO3S. The van der Waals surface area contributed by atoms with Gasteiger partial charge >= 0.3 is 0 Å². The fraction of sp³-hybridized carbons (Fsp3) is 0.333. The number of benzene rings is 1. The molecule has 19 heavy (non-hydrogen) atoms. The fourth-order valence-electron chi connectivity index (χ4n) is 2.07. The van der Waals surface area contributed by atoms with E-state index in [-0.39, 0.29) is 21.5 Å². The van der Waals surface area contributed by atoms with Crippen LogP contribution in [0, 0.1) is 6.42 Å². The van der Waals surface area contributed by atoms with Crippen LogP contribution in [-0.4, -0.2) is 31.1 Å². The van der Waals surface area contributed by atoms with Gasteiger partial charge in [-0.15, -0.1) is 0 Å². The molecule has 0 unspecified atom stereocenters. The first-order valence-electron chi connectivity index (χ1n) is 5.56. The molecule has 0 bridgehead atoms. The van der Waals surface area contributed by atoms with Crippen LogP contribution in [0.15, 0.2) is 23.1 Å². The summed E-state index contributed by atoms with van der Waals surface area (Å²) in [7, 11) is -3.80. The molecule has 1 atom stereocenters. The molecule has 4 nitrogen and oxygen atoms in total. The van der Waals surface area contributed by atoms with Crippen LogP contribution in [0.4, 0.5) is 0 Å². The van der Waals surface area contributed by atoms with E-state index in [0.29, 0.717) is 12.7 Å². The van der Waals surface area contributed by atoms with Crippen molar-refractivity contribution >= 4 is 39.5 Å². The molecule has 1 radical (unpaired) electrons. The van der Waals surface area contributed by atoms with Gasteiger partial charge in [-0.2, -0.15) is 4.31 Å². The average Bonchev–Trinajstić information content (AvgIpc) is 2.71. The van der Waals surface area contributed by atoms with Crippen molar-refractivity contribution in [3.63, 3.8) is 0 Å². The van der Waals surface area contributed by atoms with Crippen LogP contribution in [0.5, 0.6) is 0 Å². The van der Waals surface area contributed by atoms with Gasteiger partial charge in [0.2, 0.25) is 10.0 Å². The number of rotatable bonds is 3. The number of carbonyl (C=O) groups is 1. The van der Waals surface area contributed by atoms with Gasteiger partial charge in [-0.3, -0.25) is 0 Å². The zero-order valence-corrected chi connectivity index (χ0v) is 12.5. The lowest BCUT2D eigenvalue weighted by Gasteiger charge is -2.29. The van der Waals surface area contributed by atoms with E-state index in [4.69, 9.17) is 23.2 Å². The minimum atomic E-state index is -3.80. The predicted molar refractivity (Wildman–Crippen MR) is 73.7 cm³/mol. The highest BCUT2D eigenvalue weighted by molar-refractivity contribution is 7.89. The third-order valence-corrected chi connectivity index (χ3v) is 5.51. The number of nitrogens with zero attached hydrogens (tertiary/aromatic N) is 1. The average molecular weight is 321 g/mol. The lowest BCUT2D eigenvalue weighted by atomic mass is 10.0. The number of aldehydes is 1. The molecule has 0 spiro atoms. The van der Waals surface area contributed by atoms with Gasteiger partial charge < -0.3 is 4.79 Å². The molecule has 0 saturated carbocycles. The third kappa shape index (κ3) is 2.65. The lowest BCUT2D eigenvalue weighted by Crippen LogP contribution is -2.46. The van der Waals surface area contributed by atoms with Crippen LogP contribution in [0.2, 0.25) is 10.0 Å². The molecule has 1 fully saturated rings. The lowest BCUT2D eigenvalue weighted by molar-refractivity contribution is -0.114. The van der Waals surface area contributed by atoms with Gasteiger partial charge in [-0.1, -0.05) is 23.2 Å². The summed E-state index contributed by atoms with van der Waals surface area (Å²) >= 11 is 11.6. The van der Waals surface area contributed by atoms with E-state index in [1.165, 1.54) is 18.2 Å². The quantitative estimate of drug-likeness (QED) is 0.804. The summed E-state index contributed by atoms with van der Waals surface area (Å²) in [6.07, 6.45) is 2.81. The second-order valence-electron chi connectivity index (χ2n) is 4.61. The van der Waals surface area contributed by atoms with E-state index in [0.717, 1.165) is 4.31 Å². The maximum atomic E-state index is 12.5. The first-order chi connectivity index (χ1) is 8.79. The Kier molecular flexibility index (Phi) is 3.93. The normalized spacial score (nSPS) is 24.6. The van der Waals surface area contributed by atoms with Crippen LogP contribution in [0.25, 0.3) is 0 Å². The molecule has 7 heteroatoms. The van der Waals surface area contributed by atoms with Crippen molar-refractivity contribution in [1.82, 2.24) is 4.31 Å². The Balaban J connectivity index is 2.51. The highest BCUT2D eigenvalue weighted by Gasteiger charge is 2.44. The van der Waals surface area contributed by atoms with Crippen molar-refractivity contribution in [3.05, 3.63) is 34.7 Å². The minimum absolute atomic E-state index is 0.00613. The van der Waals surface area contributed by atoms with Crippen LogP contribution in [0.1, 0.15) is 13.3 Å². The second-order valence-corrected chi connectivity index (χ2v) is 7.34. The maximum Gasteiger partial charge on any atom is 0.244 e. The Hall–Kier alpha value is -0.620. The Morgan fingerprint density at radius 3 is 2.37 bits per heavy atom. The van der Waals surface area contributed by atoms with E-state index < -0.39 is 15.6 Å². The number of halogens is 2. The molecule has 103 valence electrons. The van der Waals surface area contributed by atoms with Crippen LogP contribution in [-0.2, 0) is 14.8 Å². The monoisotopic (exact) mass is 320 g/mol. The highest BCUT2D eigenvalue weighted by atomic mass is 35.5. The van der Waals surface area contributed by atoms with Crippen molar-refractivity contribution in [3.8, 4) is 0 Å². The highest BCUT2D eigenvalue weighted by Crippen LogP contribution is 2.34. The molecule has 1 aliphatic rings. The first-order valence-corrected chi connectivity index (χ1v) is 7.76. The van der Waals surface area contributed by atoms with Crippen LogP contribution >= 0.6 is 23.2 Å². The standard InChI is InChI=1S/C12H12Cl2NO3S/c1-12(8-16)3-2-4-15(12)19(17,18)11-6-9(13)5-10(14)7-11/h2,5-8H,3-4H2,1H3/t12-/m0/s1. The summed E-state index contributed by atoms with van der Waals surface area (Å²) in [5.74, 6) is 0. The zero-order chi connectivity index (χ0) is 14.3. The molecule has 1 aromatic rings. The molecule has 0 aliphatic carbocycles.